The normalized spacial score (nSPS) is 25.4. The van der Waals surface area contributed by atoms with Gasteiger partial charge in [-0.1, -0.05) is 13.0 Å². The van der Waals surface area contributed by atoms with Crippen LogP contribution in [0.25, 0.3) is 0 Å². The predicted octanol–water partition coefficient (Wildman–Crippen LogP) is 3.50. The Labute approximate surface area is 121 Å². The van der Waals surface area contributed by atoms with Gasteiger partial charge in [-0.25, -0.2) is 0 Å². The summed E-state index contributed by atoms with van der Waals surface area (Å²) in [4.78, 5) is 0. The van der Waals surface area contributed by atoms with E-state index in [9.17, 15) is 5.26 Å². The second-order valence-electron chi connectivity index (χ2n) is 5.93. The minimum absolute atomic E-state index is 0.139. The zero-order valence-corrected chi connectivity index (χ0v) is 12.7. The van der Waals surface area contributed by atoms with Gasteiger partial charge in [-0.2, -0.15) is 5.26 Å². The first-order chi connectivity index (χ1) is 9.57. The number of rotatable bonds is 5. The molecule has 2 unspecified atom stereocenters. The summed E-state index contributed by atoms with van der Waals surface area (Å²) in [6.45, 7) is 7.17. The van der Waals surface area contributed by atoms with E-state index < -0.39 is 0 Å². The third kappa shape index (κ3) is 3.52. The van der Waals surface area contributed by atoms with E-state index in [1.165, 1.54) is 11.1 Å². The standard InChI is InChI=1S/C17H24N2O/c1-4-7-19-17(12-18)6-5-15(11-17)20-16-9-13(2)8-14(3)10-16/h8-10,15,19H,4-7,11H2,1-3H3. The monoisotopic (exact) mass is 272 g/mol. The van der Waals surface area contributed by atoms with E-state index in [2.05, 4.69) is 50.4 Å². The van der Waals surface area contributed by atoms with Crippen LogP contribution < -0.4 is 10.1 Å². The second-order valence-corrected chi connectivity index (χ2v) is 5.93. The molecule has 2 rings (SSSR count). The van der Waals surface area contributed by atoms with Crippen LogP contribution in [0, 0.1) is 25.2 Å². The van der Waals surface area contributed by atoms with E-state index in [4.69, 9.17) is 4.74 Å². The Balaban J connectivity index is 2.00. The molecule has 0 saturated heterocycles. The van der Waals surface area contributed by atoms with Gasteiger partial charge in [0.2, 0.25) is 0 Å². The Morgan fingerprint density at radius 3 is 2.65 bits per heavy atom. The molecule has 1 fully saturated rings. The molecule has 20 heavy (non-hydrogen) atoms. The Bertz CT molecular complexity index is 486. The summed E-state index contributed by atoms with van der Waals surface area (Å²) in [6.07, 6.45) is 3.78. The third-order valence-corrected chi connectivity index (χ3v) is 3.89. The van der Waals surface area contributed by atoms with Gasteiger partial charge in [-0.3, -0.25) is 5.32 Å². The highest BCUT2D eigenvalue weighted by atomic mass is 16.5. The smallest absolute Gasteiger partial charge is 0.120 e. The first-order valence-corrected chi connectivity index (χ1v) is 7.48. The number of nitrogens with one attached hydrogen (secondary N) is 1. The van der Waals surface area contributed by atoms with Crippen molar-refractivity contribution in [3.05, 3.63) is 29.3 Å². The topological polar surface area (TPSA) is 45.0 Å². The average molecular weight is 272 g/mol. The minimum atomic E-state index is -0.389. The van der Waals surface area contributed by atoms with Crippen molar-refractivity contribution in [2.24, 2.45) is 0 Å². The van der Waals surface area contributed by atoms with Crippen LogP contribution in [0.4, 0.5) is 0 Å². The molecule has 1 aliphatic carbocycles. The first kappa shape index (κ1) is 14.9. The number of nitrogens with zero attached hydrogens (tertiary/aromatic N) is 1. The van der Waals surface area contributed by atoms with E-state index in [1.54, 1.807) is 0 Å². The highest BCUT2D eigenvalue weighted by Crippen LogP contribution is 2.32. The zero-order valence-electron chi connectivity index (χ0n) is 12.7. The van der Waals surface area contributed by atoms with E-state index >= 15 is 0 Å². The van der Waals surface area contributed by atoms with Crippen molar-refractivity contribution in [1.82, 2.24) is 5.32 Å². The van der Waals surface area contributed by atoms with E-state index in [0.29, 0.717) is 0 Å². The van der Waals surface area contributed by atoms with Crippen LogP contribution >= 0.6 is 0 Å². The summed E-state index contributed by atoms with van der Waals surface area (Å²) in [7, 11) is 0. The molecule has 1 saturated carbocycles. The molecule has 3 heteroatoms. The van der Waals surface area contributed by atoms with E-state index in [1.807, 2.05) is 0 Å². The van der Waals surface area contributed by atoms with E-state index in [0.717, 1.165) is 38.0 Å². The predicted molar refractivity (Wildman–Crippen MR) is 80.8 cm³/mol. The van der Waals surface area contributed by atoms with Crippen LogP contribution in [-0.4, -0.2) is 18.2 Å². The summed E-state index contributed by atoms with van der Waals surface area (Å²) in [5.74, 6) is 0.928. The van der Waals surface area contributed by atoms with Gasteiger partial charge in [0.25, 0.3) is 0 Å². The number of aryl methyl sites for hydroxylation is 2. The molecule has 0 aliphatic heterocycles. The minimum Gasteiger partial charge on any atom is -0.490 e. The Hall–Kier alpha value is -1.53. The number of ether oxygens (including phenoxy) is 1. The fraction of sp³-hybridized carbons (Fsp3) is 0.588. The van der Waals surface area contributed by atoms with Crippen LogP contribution in [0.3, 0.4) is 0 Å². The van der Waals surface area contributed by atoms with Crippen molar-refractivity contribution in [2.75, 3.05) is 6.54 Å². The first-order valence-electron chi connectivity index (χ1n) is 7.48. The molecule has 3 nitrogen and oxygen atoms in total. The summed E-state index contributed by atoms with van der Waals surface area (Å²) in [5, 5.41) is 12.8. The zero-order chi connectivity index (χ0) is 14.6. The molecule has 2 atom stereocenters. The molecule has 0 heterocycles. The lowest BCUT2D eigenvalue weighted by molar-refractivity contribution is 0.200. The maximum atomic E-state index is 9.45. The second kappa shape index (κ2) is 6.28. The van der Waals surface area contributed by atoms with Crippen LogP contribution in [0.1, 0.15) is 43.7 Å². The lowest BCUT2D eigenvalue weighted by atomic mass is 9.99. The number of nitriles is 1. The maximum absolute atomic E-state index is 9.45. The van der Waals surface area contributed by atoms with Gasteiger partial charge in [0, 0.05) is 6.42 Å². The van der Waals surface area contributed by atoms with Crippen molar-refractivity contribution in [3.63, 3.8) is 0 Å². The number of hydrogen-bond donors (Lipinski definition) is 1. The average Bonchev–Trinajstić information content (AvgIpc) is 2.79. The van der Waals surface area contributed by atoms with Crippen molar-refractivity contribution in [2.45, 2.75) is 58.1 Å². The van der Waals surface area contributed by atoms with Gasteiger partial charge in [0.1, 0.15) is 17.4 Å². The molecule has 0 aromatic heterocycles. The Morgan fingerprint density at radius 2 is 2.05 bits per heavy atom. The van der Waals surface area contributed by atoms with Crippen molar-refractivity contribution < 1.29 is 4.74 Å². The Morgan fingerprint density at radius 1 is 1.35 bits per heavy atom. The molecule has 0 spiro atoms. The largest absolute Gasteiger partial charge is 0.490 e. The molecular weight excluding hydrogens is 248 g/mol. The highest BCUT2D eigenvalue weighted by Gasteiger charge is 2.40. The van der Waals surface area contributed by atoms with Crippen LogP contribution in [-0.2, 0) is 0 Å². The fourth-order valence-corrected chi connectivity index (χ4v) is 2.96. The van der Waals surface area contributed by atoms with Crippen molar-refractivity contribution >= 4 is 0 Å². The summed E-state index contributed by atoms with van der Waals surface area (Å²) in [6, 6.07) is 8.74. The molecule has 1 N–H and O–H groups in total. The third-order valence-electron chi connectivity index (χ3n) is 3.89. The fourth-order valence-electron chi connectivity index (χ4n) is 2.96. The quantitative estimate of drug-likeness (QED) is 0.892. The Kier molecular flexibility index (Phi) is 4.67. The van der Waals surface area contributed by atoms with Gasteiger partial charge in [0.05, 0.1) is 6.07 Å². The molecule has 1 aromatic rings. The van der Waals surface area contributed by atoms with Gasteiger partial charge in [0.15, 0.2) is 0 Å². The molecule has 108 valence electrons. The van der Waals surface area contributed by atoms with Gasteiger partial charge >= 0.3 is 0 Å². The number of hydrogen-bond acceptors (Lipinski definition) is 3. The molecule has 0 amide bonds. The van der Waals surface area contributed by atoms with E-state index in [-0.39, 0.29) is 11.6 Å². The molecule has 0 radical (unpaired) electrons. The molecule has 1 aromatic carbocycles. The summed E-state index contributed by atoms with van der Waals surface area (Å²) < 4.78 is 6.08. The lowest BCUT2D eigenvalue weighted by Gasteiger charge is -2.22. The van der Waals surface area contributed by atoms with Gasteiger partial charge in [-0.05, 0) is 62.9 Å². The lowest BCUT2D eigenvalue weighted by Crippen LogP contribution is -2.42. The van der Waals surface area contributed by atoms with Crippen molar-refractivity contribution in [1.29, 1.82) is 5.26 Å². The maximum Gasteiger partial charge on any atom is 0.120 e. The summed E-state index contributed by atoms with van der Waals surface area (Å²) >= 11 is 0. The van der Waals surface area contributed by atoms with Gasteiger partial charge < -0.3 is 4.74 Å². The molecule has 0 bridgehead atoms. The molecule has 1 aliphatic rings. The van der Waals surface area contributed by atoms with Crippen LogP contribution in [0.5, 0.6) is 5.75 Å². The summed E-state index contributed by atoms with van der Waals surface area (Å²) in [5.41, 5.74) is 2.04. The highest BCUT2D eigenvalue weighted by molar-refractivity contribution is 5.33. The number of benzene rings is 1. The van der Waals surface area contributed by atoms with Crippen molar-refractivity contribution in [3.8, 4) is 11.8 Å². The van der Waals surface area contributed by atoms with Crippen LogP contribution in [0.2, 0.25) is 0 Å². The SMILES string of the molecule is CCCNC1(C#N)CCC(Oc2cc(C)cc(C)c2)C1. The van der Waals surface area contributed by atoms with Gasteiger partial charge in [-0.15, -0.1) is 0 Å². The van der Waals surface area contributed by atoms with Crippen LogP contribution in [0.15, 0.2) is 18.2 Å². The molecular formula is C17H24N2O.